The Kier molecular flexibility index (Phi) is 10.3. The molecule has 0 spiro atoms. The van der Waals surface area contributed by atoms with Crippen LogP contribution in [0, 0.1) is 0 Å². The molecule has 2 aromatic heterocycles. The van der Waals surface area contributed by atoms with Crippen LogP contribution in [0.25, 0.3) is 11.1 Å². The summed E-state index contributed by atoms with van der Waals surface area (Å²) in [6.07, 6.45) is -0.527. The minimum Gasteiger partial charge on any atom is -0.383 e. The Hall–Kier alpha value is -4.30. The molecule has 2 N–H and O–H groups in total. The molecule has 3 heterocycles. The van der Waals surface area contributed by atoms with Gasteiger partial charge in [-0.25, -0.2) is 4.98 Å². The van der Waals surface area contributed by atoms with Crippen molar-refractivity contribution in [1.29, 1.82) is 0 Å². The molecule has 0 fully saturated rings. The van der Waals surface area contributed by atoms with E-state index in [1.54, 1.807) is 75.3 Å². The van der Waals surface area contributed by atoms with Gasteiger partial charge in [-0.3, -0.25) is 14.0 Å². The van der Waals surface area contributed by atoms with E-state index in [-0.39, 0.29) is 49.0 Å². The fourth-order valence-electron chi connectivity index (χ4n) is 5.18. The smallest absolute Gasteiger partial charge is 0.383 e. The van der Waals surface area contributed by atoms with Crippen LogP contribution < -0.4 is 10.6 Å². The first-order valence-electron chi connectivity index (χ1n) is 14.8. The van der Waals surface area contributed by atoms with Crippen molar-refractivity contribution in [3.63, 3.8) is 0 Å². The van der Waals surface area contributed by atoms with Crippen LogP contribution in [0.15, 0.2) is 55.0 Å². The van der Waals surface area contributed by atoms with E-state index < -0.39 is 25.2 Å². The molecule has 0 radical (unpaired) electrons. The van der Waals surface area contributed by atoms with Crippen LogP contribution in [0.1, 0.15) is 40.9 Å². The quantitative estimate of drug-likeness (QED) is 0.137. The number of nitrogens with one attached hydrogen (secondary N) is 2. The maximum atomic E-state index is 14.1. The predicted molar refractivity (Wildman–Crippen MR) is 170 cm³/mol. The zero-order valence-corrected chi connectivity index (χ0v) is 27.2. The summed E-state index contributed by atoms with van der Waals surface area (Å²) in [6, 6.07) is 10.0. The number of fused-ring (bicyclic) bond motifs is 1. The van der Waals surface area contributed by atoms with Crippen molar-refractivity contribution >= 4 is 36.6 Å². The zero-order chi connectivity index (χ0) is 33.8. The van der Waals surface area contributed by atoms with Crippen LogP contribution in [0.4, 0.5) is 36.3 Å². The van der Waals surface area contributed by atoms with E-state index in [4.69, 9.17) is 13.8 Å². The number of aromatic nitrogens is 4. The van der Waals surface area contributed by atoms with E-state index in [9.17, 15) is 22.5 Å². The number of benzene rings is 2. The van der Waals surface area contributed by atoms with E-state index in [0.717, 1.165) is 11.1 Å². The van der Waals surface area contributed by atoms with Crippen LogP contribution in [-0.4, -0.2) is 64.5 Å². The van der Waals surface area contributed by atoms with E-state index in [2.05, 4.69) is 25.7 Å². The van der Waals surface area contributed by atoms with Gasteiger partial charge in [0.2, 0.25) is 5.95 Å². The standard InChI is InChI=1S/C31H35F3N7O5P/c1-5-45-47(43,46-6-2)19-20-7-9-22(10-8-20)37-30-35-16-25(31(32,33)34)28(39-30)38-26-12-11-23(24-18-40(3)29(42)27(24)26)21-15-36-41(17-21)13-14-44-4/h7-12,15-17H,5-6,13-14,18-19H2,1-4H3,(H2,35,37,38,39). The second-order valence-electron chi connectivity index (χ2n) is 10.7. The Morgan fingerprint density at radius 3 is 2.40 bits per heavy atom. The molecule has 0 atom stereocenters. The molecular formula is C31H35F3N7O5P. The van der Waals surface area contributed by atoms with E-state index in [1.807, 2.05) is 6.20 Å². The SMILES string of the molecule is CCOP(=O)(Cc1ccc(Nc2ncc(C(F)(F)F)c(Nc3ccc(-c4cnn(CCOC)c4)c4c3C(=O)N(C)C4)n2)cc1)OCC. The third-order valence-electron chi connectivity index (χ3n) is 7.32. The molecule has 1 aliphatic heterocycles. The number of carbonyl (C=O) groups is 1. The molecular weight excluding hydrogens is 638 g/mol. The van der Waals surface area contributed by atoms with Crippen LogP contribution in [0.3, 0.4) is 0 Å². The molecule has 0 aliphatic carbocycles. The molecule has 5 rings (SSSR count). The number of ether oxygens (including phenoxy) is 1. The van der Waals surface area contributed by atoms with Gasteiger partial charge in [-0.15, -0.1) is 0 Å². The lowest BCUT2D eigenvalue weighted by atomic mass is 9.97. The van der Waals surface area contributed by atoms with E-state index >= 15 is 0 Å². The molecule has 0 bridgehead atoms. The van der Waals surface area contributed by atoms with Crippen LogP contribution in [0.2, 0.25) is 0 Å². The highest BCUT2D eigenvalue weighted by molar-refractivity contribution is 7.53. The summed E-state index contributed by atoms with van der Waals surface area (Å²) < 4.78 is 72.7. The minimum atomic E-state index is -4.78. The fraction of sp³-hybridized carbons (Fsp3) is 0.355. The van der Waals surface area contributed by atoms with Crippen molar-refractivity contribution in [2.75, 3.05) is 44.6 Å². The van der Waals surface area contributed by atoms with Crippen molar-refractivity contribution in [2.24, 2.45) is 0 Å². The molecule has 12 nitrogen and oxygen atoms in total. The second kappa shape index (κ2) is 14.2. The van der Waals surface area contributed by atoms with Crippen molar-refractivity contribution in [2.45, 2.75) is 39.3 Å². The number of amides is 1. The monoisotopic (exact) mass is 673 g/mol. The average molecular weight is 674 g/mol. The van der Waals surface area contributed by atoms with Gasteiger partial charge in [0.05, 0.1) is 50.0 Å². The molecule has 0 saturated heterocycles. The van der Waals surface area contributed by atoms with Gasteiger partial charge in [-0.1, -0.05) is 18.2 Å². The van der Waals surface area contributed by atoms with Gasteiger partial charge in [-0.05, 0) is 48.7 Å². The lowest BCUT2D eigenvalue weighted by molar-refractivity contribution is -0.137. The van der Waals surface area contributed by atoms with E-state index in [1.165, 1.54) is 4.90 Å². The number of anilines is 4. The van der Waals surface area contributed by atoms with Gasteiger partial charge < -0.3 is 29.3 Å². The van der Waals surface area contributed by atoms with Crippen LogP contribution in [-0.2, 0) is 43.8 Å². The lowest BCUT2D eigenvalue weighted by Crippen LogP contribution is -2.18. The summed E-state index contributed by atoms with van der Waals surface area (Å²) in [7, 11) is -0.0948. The summed E-state index contributed by atoms with van der Waals surface area (Å²) in [5, 5.41) is 10.0. The third kappa shape index (κ3) is 7.82. The van der Waals surface area contributed by atoms with Crippen molar-refractivity contribution in [3.05, 3.63) is 77.2 Å². The summed E-state index contributed by atoms with van der Waals surface area (Å²) in [6.45, 7) is 5.20. The number of methoxy groups -OCH3 is 1. The molecule has 4 aromatic rings. The van der Waals surface area contributed by atoms with Gasteiger partial charge >= 0.3 is 13.8 Å². The van der Waals surface area contributed by atoms with E-state index in [0.29, 0.717) is 36.2 Å². The van der Waals surface area contributed by atoms with Crippen molar-refractivity contribution < 1.29 is 36.3 Å². The molecule has 0 saturated carbocycles. The number of hydrogen-bond acceptors (Lipinski definition) is 10. The number of carbonyl (C=O) groups excluding carboxylic acids is 1. The molecule has 2 aromatic carbocycles. The van der Waals surface area contributed by atoms with Crippen LogP contribution >= 0.6 is 7.60 Å². The summed E-state index contributed by atoms with van der Waals surface area (Å²) in [4.78, 5) is 22.8. The maximum absolute atomic E-state index is 14.1. The third-order valence-corrected chi connectivity index (χ3v) is 9.38. The van der Waals surface area contributed by atoms with Crippen molar-refractivity contribution in [1.82, 2.24) is 24.6 Å². The molecule has 0 unspecified atom stereocenters. The fourth-order valence-corrected chi connectivity index (χ4v) is 6.88. The van der Waals surface area contributed by atoms with Gasteiger partial charge in [0.25, 0.3) is 5.91 Å². The highest BCUT2D eigenvalue weighted by atomic mass is 31.2. The van der Waals surface area contributed by atoms with Gasteiger partial charge in [0.15, 0.2) is 0 Å². The van der Waals surface area contributed by atoms with Gasteiger partial charge in [0.1, 0.15) is 11.4 Å². The topological polar surface area (TPSA) is 133 Å². The molecule has 1 amide bonds. The maximum Gasteiger partial charge on any atom is 0.421 e. The van der Waals surface area contributed by atoms with Crippen LogP contribution in [0.5, 0.6) is 0 Å². The molecule has 250 valence electrons. The molecule has 1 aliphatic rings. The summed E-state index contributed by atoms with van der Waals surface area (Å²) in [5.74, 6) is -0.969. The Balaban J connectivity index is 1.43. The number of nitrogens with zero attached hydrogens (tertiary/aromatic N) is 5. The summed E-state index contributed by atoms with van der Waals surface area (Å²) in [5.41, 5.74) is 2.67. The summed E-state index contributed by atoms with van der Waals surface area (Å²) >= 11 is 0. The largest absolute Gasteiger partial charge is 0.421 e. The lowest BCUT2D eigenvalue weighted by Gasteiger charge is -2.18. The Morgan fingerprint density at radius 2 is 1.74 bits per heavy atom. The first-order valence-corrected chi connectivity index (χ1v) is 16.6. The first kappa shape index (κ1) is 34.0. The minimum absolute atomic E-state index is 0.0625. The Morgan fingerprint density at radius 1 is 1.02 bits per heavy atom. The number of rotatable bonds is 14. The first-order chi connectivity index (χ1) is 22.4. The molecule has 16 heteroatoms. The normalized spacial score (nSPS) is 13.3. The number of hydrogen-bond donors (Lipinski definition) is 2. The Labute approximate surface area is 269 Å². The zero-order valence-electron chi connectivity index (χ0n) is 26.3. The number of alkyl halides is 3. The average Bonchev–Trinajstić information content (AvgIpc) is 3.61. The van der Waals surface area contributed by atoms with Gasteiger partial charge in [0, 0.05) is 44.3 Å². The Bertz CT molecular complexity index is 1770. The highest BCUT2D eigenvalue weighted by Crippen LogP contribution is 2.51. The van der Waals surface area contributed by atoms with Crippen molar-refractivity contribution in [3.8, 4) is 11.1 Å². The number of halogens is 3. The van der Waals surface area contributed by atoms with Gasteiger partial charge in [-0.2, -0.15) is 23.3 Å². The molecule has 47 heavy (non-hydrogen) atoms. The highest BCUT2D eigenvalue weighted by Gasteiger charge is 2.37. The second-order valence-corrected chi connectivity index (χ2v) is 12.7. The predicted octanol–water partition coefficient (Wildman–Crippen LogP) is 6.84.